The van der Waals surface area contributed by atoms with Crippen molar-refractivity contribution in [1.29, 1.82) is 0 Å². The zero-order valence-electron chi connectivity index (χ0n) is 12.9. The Labute approximate surface area is 127 Å². The van der Waals surface area contributed by atoms with Crippen LogP contribution in [0.4, 0.5) is 0 Å². The molecular weight excluding hydrogens is 264 g/mol. The molecule has 2 aliphatic rings. The molecule has 4 heteroatoms. The Morgan fingerprint density at radius 3 is 2.76 bits per heavy atom. The lowest BCUT2D eigenvalue weighted by Gasteiger charge is -2.45. The van der Waals surface area contributed by atoms with Crippen molar-refractivity contribution >= 4 is 0 Å². The molecular formula is C17H26N2O2. The number of nitrogens with zero attached hydrogens (tertiary/aromatic N) is 1. The molecule has 3 heterocycles. The van der Waals surface area contributed by atoms with Gasteiger partial charge < -0.3 is 14.8 Å². The Morgan fingerprint density at radius 1 is 1.29 bits per heavy atom. The number of pyridine rings is 1. The normalized spacial score (nSPS) is 26.6. The third-order valence-corrected chi connectivity index (χ3v) is 5.08. The zero-order chi connectivity index (χ0) is 14.5. The van der Waals surface area contributed by atoms with E-state index in [9.17, 15) is 0 Å². The molecule has 2 aliphatic heterocycles. The Bertz CT molecular complexity index is 426. The molecule has 1 aromatic rings. The molecule has 21 heavy (non-hydrogen) atoms. The van der Waals surface area contributed by atoms with E-state index in [1.54, 1.807) is 0 Å². The van der Waals surface area contributed by atoms with Crippen molar-refractivity contribution in [1.82, 2.24) is 10.3 Å². The van der Waals surface area contributed by atoms with Gasteiger partial charge in [0.1, 0.15) is 0 Å². The Morgan fingerprint density at radius 2 is 2.05 bits per heavy atom. The molecule has 2 atom stereocenters. The third kappa shape index (κ3) is 3.62. The summed E-state index contributed by atoms with van der Waals surface area (Å²) >= 11 is 0. The zero-order valence-corrected chi connectivity index (χ0v) is 12.9. The molecule has 0 amide bonds. The maximum absolute atomic E-state index is 6.16. The fraction of sp³-hybridized carbons (Fsp3) is 0.706. The van der Waals surface area contributed by atoms with Gasteiger partial charge in [0.2, 0.25) is 0 Å². The summed E-state index contributed by atoms with van der Waals surface area (Å²) in [4.78, 5) is 4.11. The third-order valence-electron chi connectivity index (χ3n) is 5.08. The number of aromatic nitrogens is 1. The minimum Gasteiger partial charge on any atom is -0.381 e. The van der Waals surface area contributed by atoms with Crippen LogP contribution in [0.1, 0.15) is 31.2 Å². The highest BCUT2D eigenvalue weighted by molar-refractivity contribution is 5.12. The summed E-state index contributed by atoms with van der Waals surface area (Å²) in [7, 11) is 2.08. The molecule has 1 spiro atoms. The largest absolute Gasteiger partial charge is 0.381 e. The summed E-state index contributed by atoms with van der Waals surface area (Å²) in [6.45, 7) is 2.59. The van der Waals surface area contributed by atoms with E-state index in [1.807, 2.05) is 12.4 Å². The van der Waals surface area contributed by atoms with Crippen LogP contribution in [0.15, 0.2) is 24.5 Å². The van der Waals surface area contributed by atoms with E-state index in [-0.39, 0.29) is 5.60 Å². The second-order valence-corrected chi connectivity index (χ2v) is 6.35. The van der Waals surface area contributed by atoms with E-state index >= 15 is 0 Å². The van der Waals surface area contributed by atoms with Gasteiger partial charge in [-0.05, 0) is 62.8 Å². The van der Waals surface area contributed by atoms with Gasteiger partial charge in [0.05, 0.1) is 5.60 Å². The van der Waals surface area contributed by atoms with E-state index in [0.29, 0.717) is 12.0 Å². The van der Waals surface area contributed by atoms with Gasteiger partial charge in [0.15, 0.2) is 0 Å². The van der Waals surface area contributed by atoms with E-state index in [4.69, 9.17) is 9.47 Å². The van der Waals surface area contributed by atoms with Crippen LogP contribution in [-0.4, -0.2) is 43.5 Å². The summed E-state index contributed by atoms with van der Waals surface area (Å²) in [6, 6.07) is 4.75. The highest BCUT2D eigenvalue weighted by atomic mass is 16.5. The first-order chi connectivity index (χ1) is 10.3. The Hall–Kier alpha value is -0.970. The van der Waals surface area contributed by atoms with Gasteiger partial charge >= 0.3 is 0 Å². The van der Waals surface area contributed by atoms with Crippen LogP contribution in [0, 0.1) is 5.92 Å². The highest BCUT2D eigenvalue weighted by Gasteiger charge is 2.40. The summed E-state index contributed by atoms with van der Waals surface area (Å²) < 4.78 is 11.7. The van der Waals surface area contributed by atoms with Gasteiger partial charge in [-0.2, -0.15) is 0 Å². The lowest BCUT2D eigenvalue weighted by molar-refractivity contribution is -0.149. The molecule has 4 nitrogen and oxygen atoms in total. The van der Waals surface area contributed by atoms with E-state index in [2.05, 4.69) is 29.5 Å². The predicted molar refractivity (Wildman–Crippen MR) is 82.2 cm³/mol. The van der Waals surface area contributed by atoms with Crippen molar-refractivity contribution in [3.05, 3.63) is 30.1 Å². The maximum Gasteiger partial charge on any atom is 0.0729 e. The van der Waals surface area contributed by atoms with Crippen molar-refractivity contribution in [3.63, 3.8) is 0 Å². The fourth-order valence-corrected chi connectivity index (χ4v) is 3.78. The van der Waals surface area contributed by atoms with E-state index in [0.717, 1.165) is 51.9 Å². The SMILES string of the molecule is CNC(Cc1ccncc1)C1CCOC2(CCOCC2)C1. The summed E-state index contributed by atoms with van der Waals surface area (Å²) in [6.07, 6.45) is 9.24. The van der Waals surface area contributed by atoms with Gasteiger partial charge in [-0.3, -0.25) is 4.98 Å². The monoisotopic (exact) mass is 290 g/mol. The molecule has 0 saturated carbocycles. The summed E-state index contributed by atoms with van der Waals surface area (Å²) in [5.41, 5.74) is 1.44. The summed E-state index contributed by atoms with van der Waals surface area (Å²) in [5, 5.41) is 3.54. The van der Waals surface area contributed by atoms with E-state index < -0.39 is 0 Å². The Kier molecular flexibility index (Phi) is 4.88. The minimum atomic E-state index is 0.0779. The molecule has 0 aromatic carbocycles. The quantitative estimate of drug-likeness (QED) is 0.923. The topological polar surface area (TPSA) is 43.4 Å². The average molecular weight is 290 g/mol. The number of rotatable bonds is 4. The number of ether oxygens (including phenoxy) is 2. The molecule has 1 aromatic heterocycles. The molecule has 2 fully saturated rings. The number of hydrogen-bond donors (Lipinski definition) is 1. The van der Waals surface area contributed by atoms with Crippen LogP contribution < -0.4 is 5.32 Å². The second-order valence-electron chi connectivity index (χ2n) is 6.35. The maximum atomic E-state index is 6.16. The van der Waals surface area contributed by atoms with E-state index in [1.165, 1.54) is 5.56 Å². The van der Waals surface area contributed by atoms with Crippen molar-refractivity contribution in [3.8, 4) is 0 Å². The lowest BCUT2D eigenvalue weighted by Crippen LogP contribution is -2.49. The van der Waals surface area contributed by atoms with Crippen molar-refractivity contribution < 1.29 is 9.47 Å². The molecule has 0 radical (unpaired) electrons. The lowest BCUT2D eigenvalue weighted by atomic mass is 9.76. The highest BCUT2D eigenvalue weighted by Crippen LogP contribution is 2.38. The smallest absolute Gasteiger partial charge is 0.0729 e. The first-order valence-electron chi connectivity index (χ1n) is 8.09. The molecule has 2 saturated heterocycles. The summed E-state index contributed by atoms with van der Waals surface area (Å²) in [5.74, 6) is 0.676. The molecule has 1 N–H and O–H groups in total. The number of nitrogens with one attached hydrogen (secondary N) is 1. The van der Waals surface area contributed by atoms with Crippen LogP contribution in [0.2, 0.25) is 0 Å². The van der Waals surface area contributed by atoms with Crippen LogP contribution in [-0.2, 0) is 15.9 Å². The first kappa shape index (κ1) is 14.9. The predicted octanol–water partition coefficient (Wildman–Crippen LogP) is 2.19. The van der Waals surface area contributed by atoms with Crippen LogP contribution in [0.3, 0.4) is 0 Å². The van der Waals surface area contributed by atoms with Gasteiger partial charge in [0, 0.05) is 38.3 Å². The van der Waals surface area contributed by atoms with Crippen molar-refractivity contribution in [2.24, 2.45) is 5.92 Å². The second kappa shape index (κ2) is 6.86. The van der Waals surface area contributed by atoms with Crippen LogP contribution in [0.5, 0.6) is 0 Å². The van der Waals surface area contributed by atoms with Gasteiger partial charge in [-0.25, -0.2) is 0 Å². The minimum absolute atomic E-state index is 0.0779. The van der Waals surface area contributed by atoms with Crippen LogP contribution in [0.25, 0.3) is 0 Å². The first-order valence-corrected chi connectivity index (χ1v) is 8.09. The molecule has 2 unspecified atom stereocenters. The van der Waals surface area contributed by atoms with Gasteiger partial charge in [0.25, 0.3) is 0 Å². The molecule has 0 aliphatic carbocycles. The van der Waals surface area contributed by atoms with Crippen molar-refractivity contribution in [2.45, 2.75) is 43.7 Å². The standard InChI is InChI=1S/C17H26N2O2/c1-18-16(12-14-2-7-19-8-3-14)15-4-9-21-17(13-15)5-10-20-11-6-17/h2-3,7-8,15-16,18H,4-6,9-13H2,1H3. The van der Waals surface area contributed by atoms with Crippen molar-refractivity contribution in [2.75, 3.05) is 26.9 Å². The van der Waals surface area contributed by atoms with Gasteiger partial charge in [-0.15, -0.1) is 0 Å². The average Bonchev–Trinajstić information content (AvgIpc) is 2.54. The number of likely N-dealkylation sites (N-methyl/N-ethyl adjacent to an activating group) is 1. The fourth-order valence-electron chi connectivity index (χ4n) is 3.78. The molecule has 116 valence electrons. The van der Waals surface area contributed by atoms with Gasteiger partial charge in [-0.1, -0.05) is 0 Å². The molecule has 3 rings (SSSR count). The Balaban J connectivity index is 1.65. The van der Waals surface area contributed by atoms with Crippen LogP contribution >= 0.6 is 0 Å². The number of hydrogen-bond acceptors (Lipinski definition) is 4. The molecule has 0 bridgehead atoms.